The van der Waals surface area contributed by atoms with E-state index in [1.54, 1.807) is 13.4 Å². The van der Waals surface area contributed by atoms with E-state index < -0.39 is 0 Å². The molecule has 0 aliphatic heterocycles. The quantitative estimate of drug-likeness (QED) is 0.258. The number of methoxy groups -OCH3 is 1. The van der Waals surface area contributed by atoms with Crippen LogP contribution >= 0.6 is 23.4 Å². The molecule has 2 heterocycles. The Morgan fingerprint density at radius 3 is 2.87 bits per heavy atom. The van der Waals surface area contributed by atoms with Crippen molar-refractivity contribution >= 4 is 23.4 Å². The van der Waals surface area contributed by atoms with Crippen molar-refractivity contribution in [3.05, 3.63) is 78.2 Å². The van der Waals surface area contributed by atoms with Crippen molar-refractivity contribution < 1.29 is 9.15 Å². The third kappa shape index (κ3) is 4.27. The maximum absolute atomic E-state index is 6.06. The van der Waals surface area contributed by atoms with Crippen molar-refractivity contribution in [2.45, 2.75) is 17.5 Å². The van der Waals surface area contributed by atoms with Gasteiger partial charge in [-0.3, -0.25) is 4.57 Å². The van der Waals surface area contributed by atoms with Crippen LogP contribution in [0, 0.1) is 0 Å². The predicted octanol–water partition coefficient (Wildman–Crippen LogP) is 5.74. The lowest BCUT2D eigenvalue weighted by molar-refractivity contribution is 0.416. The van der Waals surface area contributed by atoms with Crippen LogP contribution in [0.5, 0.6) is 5.75 Å². The number of nitrogens with zero attached hydrogens (tertiary/aromatic N) is 4. The van der Waals surface area contributed by atoms with Gasteiger partial charge in [0.2, 0.25) is 5.89 Å². The molecular formula is C22H19ClN4O2S. The number of hydrogen-bond acceptors (Lipinski definition) is 6. The Balaban J connectivity index is 1.56. The zero-order valence-corrected chi connectivity index (χ0v) is 17.9. The maximum atomic E-state index is 6.06. The van der Waals surface area contributed by atoms with Crippen LogP contribution in [0.15, 0.2) is 77.0 Å². The lowest BCUT2D eigenvalue weighted by Crippen LogP contribution is -2.01. The number of para-hydroxylation sites is 1. The molecule has 8 heteroatoms. The molecule has 0 N–H and O–H groups in total. The second kappa shape index (κ2) is 9.19. The summed E-state index contributed by atoms with van der Waals surface area (Å²) >= 11 is 7.59. The van der Waals surface area contributed by atoms with Gasteiger partial charge in [-0.05, 0) is 30.3 Å². The van der Waals surface area contributed by atoms with E-state index in [4.69, 9.17) is 20.8 Å². The molecule has 0 aliphatic rings. The fourth-order valence-electron chi connectivity index (χ4n) is 2.98. The molecule has 152 valence electrons. The van der Waals surface area contributed by atoms with E-state index in [0.717, 1.165) is 33.6 Å². The van der Waals surface area contributed by atoms with E-state index in [2.05, 4.69) is 21.8 Å². The van der Waals surface area contributed by atoms with Crippen LogP contribution in [0.3, 0.4) is 0 Å². The van der Waals surface area contributed by atoms with Crippen molar-refractivity contribution in [2.24, 2.45) is 0 Å². The minimum Gasteiger partial charge on any atom is -0.496 e. The number of oxazole rings is 1. The Morgan fingerprint density at radius 2 is 2.07 bits per heavy atom. The zero-order valence-electron chi connectivity index (χ0n) is 16.3. The molecule has 0 unspecified atom stereocenters. The highest BCUT2D eigenvalue weighted by Gasteiger charge is 2.17. The van der Waals surface area contributed by atoms with Crippen LogP contribution in [0.4, 0.5) is 0 Å². The Labute approximate surface area is 183 Å². The van der Waals surface area contributed by atoms with Gasteiger partial charge in [-0.15, -0.1) is 16.8 Å². The van der Waals surface area contributed by atoms with Crippen LogP contribution in [0.2, 0.25) is 5.02 Å². The Morgan fingerprint density at radius 1 is 1.20 bits per heavy atom. The number of allylic oxidation sites excluding steroid dienone is 1. The van der Waals surface area contributed by atoms with Gasteiger partial charge in [0.1, 0.15) is 12.0 Å². The molecule has 2 aromatic carbocycles. The van der Waals surface area contributed by atoms with Gasteiger partial charge in [0.25, 0.3) is 0 Å². The summed E-state index contributed by atoms with van der Waals surface area (Å²) in [6.45, 7) is 4.44. The lowest BCUT2D eigenvalue weighted by Gasteiger charge is -2.10. The lowest BCUT2D eigenvalue weighted by atomic mass is 10.2. The average molecular weight is 439 g/mol. The first-order valence-electron chi connectivity index (χ1n) is 9.20. The second-order valence-electron chi connectivity index (χ2n) is 6.35. The first-order chi connectivity index (χ1) is 14.7. The van der Waals surface area contributed by atoms with Crippen molar-refractivity contribution in [3.63, 3.8) is 0 Å². The maximum Gasteiger partial charge on any atom is 0.226 e. The molecule has 6 nitrogen and oxygen atoms in total. The van der Waals surface area contributed by atoms with Crippen molar-refractivity contribution in [2.75, 3.05) is 7.11 Å². The van der Waals surface area contributed by atoms with Gasteiger partial charge in [0.05, 0.1) is 18.4 Å². The molecule has 0 spiro atoms. The van der Waals surface area contributed by atoms with Crippen molar-refractivity contribution in [1.29, 1.82) is 0 Å². The third-order valence-corrected chi connectivity index (χ3v) is 5.58. The Bertz CT molecular complexity index is 1170. The monoisotopic (exact) mass is 438 g/mol. The van der Waals surface area contributed by atoms with Crippen LogP contribution < -0.4 is 4.74 Å². The number of benzene rings is 2. The fraction of sp³-hybridized carbons (Fsp3) is 0.136. The summed E-state index contributed by atoms with van der Waals surface area (Å²) in [5.41, 5.74) is 2.53. The van der Waals surface area contributed by atoms with Crippen LogP contribution in [0.25, 0.3) is 22.8 Å². The topological polar surface area (TPSA) is 66.0 Å². The summed E-state index contributed by atoms with van der Waals surface area (Å²) in [5.74, 6) is 2.60. The first-order valence-corrected chi connectivity index (χ1v) is 10.6. The van der Waals surface area contributed by atoms with E-state index in [-0.39, 0.29) is 0 Å². The molecule has 30 heavy (non-hydrogen) atoms. The van der Waals surface area contributed by atoms with Crippen LogP contribution in [0.1, 0.15) is 5.69 Å². The molecule has 0 saturated heterocycles. The minimum atomic E-state index is 0.537. The van der Waals surface area contributed by atoms with E-state index in [1.807, 2.05) is 59.2 Å². The largest absolute Gasteiger partial charge is 0.496 e. The van der Waals surface area contributed by atoms with Gasteiger partial charge in [0, 0.05) is 22.9 Å². The normalized spacial score (nSPS) is 10.9. The van der Waals surface area contributed by atoms with Gasteiger partial charge < -0.3 is 9.15 Å². The number of thioether (sulfide) groups is 1. The highest BCUT2D eigenvalue weighted by atomic mass is 35.5. The van der Waals surface area contributed by atoms with E-state index >= 15 is 0 Å². The molecule has 0 fully saturated rings. The number of aromatic nitrogens is 4. The molecule has 4 rings (SSSR count). The molecular weight excluding hydrogens is 420 g/mol. The van der Waals surface area contributed by atoms with Crippen molar-refractivity contribution in [3.8, 4) is 28.6 Å². The summed E-state index contributed by atoms with van der Waals surface area (Å²) < 4.78 is 13.1. The smallest absolute Gasteiger partial charge is 0.226 e. The molecule has 0 bridgehead atoms. The Kier molecular flexibility index (Phi) is 6.21. The predicted molar refractivity (Wildman–Crippen MR) is 119 cm³/mol. The average Bonchev–Trinajstić information content (AvgIpc) is 3.40. The second-order valence-corrected chi connectivity index (χ2v) is 7.73. The molecule has 0 amide bonds. The molecule has 0 aliphatic carbocycles. The molecule has 2 aromatic heterocycles. The zero-order chi connectivity index (χ0) is 20.9. The molecule has 0 saturated carbocycles. The van der Waals surface area contributed by atoms with Gasteiger partial charge in [-0.2, -0.15) is 0 Å². The van der Waals surface area contributed by atoms with Gasteiger partial charge >= 0.3 is 0 Å². The van der Waals surface area contributed by atoms with Crippen molar-refractivity contribution in [1.82, 2.24) is 19.7 Å². The Hall–Kier alpha value is -3.03. The minimum absolute atomic E-state index is 0.537. The molecule has 4 aromatic rings. The summed E-state index contributed by atoms with van der Waals surface area (Å²) in [6.07, 6.45) is 3.47. The summed E-state index contributed by atoms with van der Waals surface area (Å²) in [5, 5.41) is 10.2. The van der Waals surface area contributed by atoms with Gasteiger partial charge in [-0.1, -0.05) is 47.6 Å². The summed E-state index contributed by atoms with van der Waals surface area (Å²) in [7, 11) is 1.64. The van der Waals surface area contributed by atoms with Gasteiger partial charge in [-0.25, -0.2) is 4.98 Å². The summed E-state index contributed by atoms with van der Waals surface area (Å²) in [4.78, 5) is 4.56. The third-order valence-electron chi connectivity index (χ3n) is 4.35. The molecule has 0 radical (unpaired) electrons. The van der Waals surface area contributed by atoms with Crippen LogP contribution in [-0.2, 0) is 12.3 Å². The highest BCUT2D eigenvalue weighted by molar-refractivity contribution is 7.98. The first kappa shape index (κ1) is 20.3. The number of ether oxygens (including phenoxy) is 1. The standard InChI is InChI=1S/C22H19ClN4O2S/c1-3-11-27-20(18-9-4-5-10-19(18)28-2)25-26-22(27)30-14-17-13-29-21(24-17)15-7-6-8-16(23)12-15/h3-10,12-13H,1,11,14H2,2H3. The van der Waals surface area contributed by atoms with Crippen LogP contribution in [-0.4, -0.2) is 26.9 Å². The molecule has 0 atom stereocenters. The van der Waals surface area contributed by atoms with E-state index in [0.29, 0.717) is 23.2 Å². The number of rotatable bonds is 8. The highest BCUT2D eigenvalue weighted by Crippen LogP contribution is 2.32. The van der Waals surface area contributed by atoms with Gasteiger partial charge in [0.15, 0.2) is 11.0 Å². The SMILES string of the molecule is C=CCn1c(SCc2coc(-c3cccc(Cl)c3)n2)nnc1-c1ccccc1OC. The number of hydrogen-bond donors (Lipinski definition) is 0. The fourth-order valence-corrected chi connectivity index (χ4v) is 4.00. The number of halogens is 1. The summed E-state index contributed by atoms with van der Waals surface area (Å²) in [6, 6.07) is 15.2. The van der Waals surface area contributed by atoms with E-state index in [1.165, 1.54) is 11.8 Å². The van der Waals surface area contributed by atoms with E-state index in [9.17, 15) is 0 Å².